The first-order valence-electron chi connectivity index (χ1n) is 4.97. The predicted octanol–water partition coefficient (Wildman–Crippen LogP) is 2.75. The second-order valence-corrected chi connectivity index (χ2v) is 3.62. The number of anilines is 1. The van der Waals surface area contributed by atoms with E-state index in [1.54, 1.807) is 7.11 Å². The maximum atomic E-state index is 8.47. The van der Waals surface area contributed by atoms with Crippen LogP contribution in [-0.4, -0.2) is 13.7 Å². The molecule has 0 unspecified atom stereocenters. The third-order valence-electron chi connectivity index (χ3n) is 2.22. The average molecular weight is 204 g/mol. The smallest absolute Gasteiger partial charge is 0.122 e. The lowest BCUT2D eigenvalue weighted by Crippen LogP contribution is -2.01. The molecule has 3 nitrogen and oxygen atoms in total. The van der Waals surface area contributed by atoms with Gasteiger partial charge in [-0.2, -0.15) is 5.26 Å². The third kappa shape index (κ3) is 2.88. The van der Waals surface area contributed by atoms with Crippen molar-refractivity contribution in [1.29, 1.82) is 5.26 Å². The van der Waals surface area contributed by atoms with Gasteiger partial charge in [0.2, 0.25) is 0 Å². The Bertz CT molecular complexity index is 366. The van der Waals surface area contributed by atoms with Gasteiger partial charge in [0, 0.05) is 5.69 Å². The Morgan fingerprint density at radius 1 is 1.47 bits per heavy atom. The number of nitriles is 1. The molecule has 0 heterocycles. The summed E-state index contributed by atoms with van der Waals surface area (Å²) in [4.78, 5) is 0. The lowest BCUT2D eigenvalue weighted by atomic mass is 10.0. The van der Waals surface area contributed by atoms with Gasteiger partial charge in [0.05, 0.1) is 13.2 Å². The second kappa shape index (κ2) is 5.26. The fourth-order valence-corrected chi connectivity index (χ4v) is 1.44. The minimum atomic E-state index is 0.323. The van der Waals surface area contributed by atoms with Crippen molar-refractivity contribution >= 4 is 5.69 Å². The van der Waals surface area contributed by atoms with E-state index in [0.717, 1.165) is 17.0 Å². The minimum Gasteiger partial charge on any atom is -0.496 e. The number of hydrogen-bond acceptors (Lipinski definition) is 3. The zero-order valence-corrected chi connectivity index (χ0v) is 9.37. The Kier molecular flexibility index (Phi) is 3.99. The van der Waals surface area contributed by atoms with Crippen LogP contribution in [0.3, 0.4) is 0 Å². The lowest BCUT2D eigenvalue weighted by Gasteiger charge is -2.13. The van der Waals surface area contributed by atoms with Crippen molar-refractivity contribution in [3.63, 3.8) is 0 Å². The quantitative estimate of drug-likeness (QED) is 0.767. The van der Waals surface area contributed by atoms with Gasteiger partial charge >= 0.3 is 0 Å². The second-order valence-electron chi connectivity index (χ2n) is 3.62. The molecule has 15 heavy (non-hydrogen) atoms. The minimum absolute atomic E-state index is 0.323. The van der Waals surface area contributed by atoms with Crippen molar-refractivity contribution in [3.8, 4) is 11.8 Å². The van der Waals surface area contributed by atoms with Crippen LogP contribution in [0.2, 0.25) is 0 Å². The molecule has 0 aliphatic rings. The highest BCUT2D eigenvalue weighted by Crippen LogP contribution is 2.28. The number of nitrogens with one attached hydrogen (secondary N) is 1. The van der Waals surface area contributed by atoms with Gasteiger partial charge in [0.25, 0.3) is 0 Å². The van der Waals surface area contributed by atoms with Crippen molar-refractivity contribution in [2.45, 2.75) is 19.8 Å². The average Bonchev–Trinajstić information content (AvgIpc) is 2.25. The summed E-state index contributed by atoms with van der Waals surface area (Å²) in [6, 6.07) is 7.92. The zero-order valence-electron chi connectivity index (χ0n) is 9.37. The maximum absolute atomic E-state index is 8.47. The SMILES string of the molecule is COc1ccc(NCC#N)cc1C(C)C. The number of nitrogens with zero attached hydrogens (tertiary/aromatic N) is 1. The molecule has 0 fully saturated rings. The molecule has 0 amide bonds. The highest BCUT2D eigenvalue weighted by atomic mass is 16.5. The Morgan fingerprint density at radius 3 is 2.73 bits per heavy atom. The van der Waals surface area contributed by atoms with Gasteiger partial charge in [-0.15, -0.1) is 0 Å². The molecule has 0 aromatic heterocycles. The maximum Gasteiger partial charge on any atom is 0.122 e. The molecule has 1 aromatic rings. The normalized spacial score (nSPS) is 9.80. The van der Waals surface area contributed by atoms with Crippen molar-refractivity contribution in [2.75, 3.05) is 19.0 Å². The monoisotopic (exact) mass is 204 g/mol. The van der Waals surface area contributed by atoms with E-state index < -0.39 is 0 Å². The molecule has 0 aliphatic heterocycles. The van der Waals surface area contributed by atoms with E-state index in [2.05, 4.69) is 25.2 Å². The molecular weight excluding hydrogens is 188 g/mol. The predicted molar refractivity (Wildman–Crippen MR) is 61.2 cm³/mol. The summed E-state index contributed by atoms with van der Waals surface area (Å²) in [6.45, 7) is 4.56. The Morgan fingerprint density at radius 2 is 2.20 bits per heavy atom. The van der Waals surface area contributed by atoms with Crippen molar-refractivity contribution in [1.82, 2.24) is 0 Å². The van der Waals surface area contributed by atoms with Crippen LogP contribution in [0.15, 0.2) is 18.2 Å². The molecule has 0 saturated heterocycles. The molecule has 0 atom stereocenters. The summed E-state index contributed by atoms with van der Waals surface area (Å²) < 4.78 is 5.27. The van der Waals surface area contributed by atoms with Crippen molar-refractivity contribution < 1.29 is 4.74 Å². The molecule has 0 aliphatic carbocycles. The summed E-state index contributed by atoms with van der Waals surface area (Å²) in [5.41, 5.74) is 2.11. The van der Waals surface area contributed by atoms with Gasteiger partial charge in [0.1, 0.15) is 12.3 Å². The van der Waals surface area contributed by atoms with Gasteiger partial charge < -0.3 is 10.1 Å². The molecule has 0 saturated carbocycles. The molecule has 1 N–H and O–H groups in total. The summed E-state index contributed by atoms with van der Waals surface area (Å²) in [7, 11) is 1.67. The molecule has 80 valence electrons. The first-order valence-corrected chi connectivity index (χ1v) is 4.97. The summed E-state index contributed by atoms with van der Waals surface area (Å²) in [5.74, 6) is 1.30. The number of ether oxygens (including phenoxy) is 1. The molecule has 1 rings (SSSR count). The number of rotatable bonds is 4. The van der Waals surface area contributed by atoms with Crippen molar-refractivity contribution in [3.05, 3.63) is 23.8 Å². The summed E-state index contributed by atoms with van der Waals surface area (Å²) >= 11 is 0. The first kappa shape index (κ1) is 11.4. The van der Waals surface area contributed by atoms with Gasteiger partial charge in [-0.3, -0.25) is 0 Å². The van der Waals surface area contributed by atoms with Gasteiger partial charge in [-0.25, -0.2) is 0 Å². The fraction of sp³-hybridized carbons (Fsp3) is 0.417. The molecule has 1 aromatic carbocycles. The van der Waals surface area contributed by atoms with E-state index in [1.165, 1.54) is 0 Å². The number of hydrogen-bond donors (Lipinski definition) is 1. The van der Waals surface area contributed by atoms with E-state index in [9.17, 15) is 0 Å². The highest BCUT2D eigenvalue weighted by Gasteiger charge is 2.07. The van der Waals surface area contributed by atoms with Crippen LogP contribution in [0.5, 0.6) is 5.75 Å². The molecular formula is C12H16N2O. The Hall–Kier alpha value is -1.69. The van der Waals surface area contributed by atoms with Crippen molar-refractivity contribution in [2.24, 2.45) is 0 Å². The Balaban J connectivity index is 2.95. The third-order valence-corrected chi connectivity index (χ3v) is 2.22. The summed E-state index contributed by atoms with van der Waals surface area (Å²) in [5, 5.41) is 11.5. The lowest BCUT2D eigenvalue weighted by molar-refractivity contribution is 0.407. The van der Waals surface area contributed by atoms with Gasteiger partial charge in [0.15, 0.2) is 0 Å². The van der Waals surface area contributed by atoms with Crippen LogP contribution in [-0.2, 0) is 0 Å². The first-order chi connectivity index (χ1) is 7.19. The fourth-order valence-electron chi connectivity index (χ4n) is 1.44. The highest BCUT2D eigenvalue weighted by molar-refractivity contribution is 5.52. The standard InChI is InChI=1S/C12H16N2O/c1-9(2)11-8-10(14-7-6-13)4-5-12(11)15-3/h4-5,8-9,14H,7H2,1-3H3. The molecule has 0 radical (unpaired) electrons. The van der Waals surface area contributed by atoms with Crippen LogP contribution < -0.4 is 10.1 Å². The molecule has 0 bridgehead atoms. The van der Waals surface area contributed by atoms with E-state index in [4.69, 9.17) is 10.00 Å². The van der Waals surface area contributed by atoms with E-state index in [-0.39, 0.29) is 0 Å². The van der Waals surface area contributed by atoms with Crippen LogP contribution in [0.1, 0.15) is 25.3 Å². The Labute approximate surface area is 90.7 Å². The zero-order chi connectivity index (χ0) is 11.3. The van der Waals surface area contributed by atoms with Crippen LogP contribution in [0.25, 0.3) is 0 Å². The van der Waals surface area contributed by atoms with E-state index in [1.807, 2.05) is 18.2 Å². The molecule has 0 spiro atoms. The van der Waals surface area contributed by atoms with Crippen LogP contribution >= 0.6 is 0 Å². The molecule has 3 heteroatoms. The van der Waals surface area contributed by atoms with Crippen LogP contribution in [0, 0.1) is 11.3 Å². The van der Waals surface area contributed by atoms with E-state index >= 15 is 0 Å². The number of benzene rings is 1. The number of methoxy groups -OCH3 is 1. The van der Waals surface area contributed by atoms with Gasteiger partial charge in [-0.1, -0.05) is 13.8 Å². The van der Waals surface area contributed by atoms with E-state index in [0.29, 0.717) is 12.5 Å². The largest absolute Gasteiger partial charge is 0.496 e. The summed E-state index contributed by atoms with van der Waals surface area (Å²) in [6.07, 6.45) is 0. The van der Waals surface area contributed by atoms with Crippen LogP contribution in [0.4, 0.5) is 5.69 Å². The topological polar surface area (TPSA) is 45.0 Å². The van der Waals surface area contributed by atoms with Gasteiger partial charge in [-0.05, 0) is 29.7 Å².